The van der Waals surface area contributed by atoms with Crippen molar-refractivity contribution in [1.29, 1.82) is 0 Å². The highest BCUT2D eigenvalue weighted by atomic mass is 16.6. The van der Waals surface area contributed by atoms with Gasteiger partial charge in [-0.05, 0) is 26.7 Å². The Bertz CT molecular complexity index is 253. The molecule has 5 heteroatoms. The van der Waals surface area contributed by atoms with E-state index in [0.29, 0.717) is 0 Å². The lowest BCUT2D eigenvalue weighted by atomic mass is 10.3. The van der Waals surface area contributed by atoms with Crippen molar-refractivity contribution in [2.75, 3.05) is 13.2 Å². The highest BCUT2D eigenvalue weighted by Gasteiger charge is 2.10. The molecule has 0 rings (SSSR count). The van der Waals surface area contributed by atoms with Crippen LogP contribution in [0.25, 0.3) is 0 Å². The normalized spacial score (nSPS) is 8.71. The van der Waals surface area contributed by atoms with Crippen molar-refractivity contribution < 1.29 is 24.5 Å². The minimum Gasteiger partial charge on any atom is -0.396 e. The molecular formula is C12H20O5. The van der Waals surface area contributed by atoms with Crippen molar-refractivity contribution in [3.63, 3.8) is 0 Å². The first-order chi connectivity index (χ1) is 7.86. The summed E-state index contributed by atoms with van der Waals surface area (Å²) in [5.74, 6) is -1.42. The second-order valence-electron chi connectivity index (χ2n) is 3.39. The number of ether oxygens (including phenoxy) is 1. The van der Waals surface area contributed by atoms with E-state index < -0.39 is 11.9 Å². The monoisotopic (exact) mass is 244 g/mol. The van der Waals surface area contributed by atoms with E-state index >= 15 is 0 Å². The first kappa shape index (κ1) is 17.9. The van der Waals surface area contributed by atoms with Crippen molar-refractivity contribution >= 4 is 11.9 Å². The highest BCUT2D eigenvalue weighted by Crippen LogP contribution is 1.97. The van der Waals surface area contributed by atoms with Gasteiger partial charge in [0, 0.05) is 24.4 Å². The molecule has 0 bridgehead atoms. The van der Waals surface area contributed by atoms with Gasteiger partial charge in [0.2, 0.25) is 0 Å². The van der Waals surface area contributed by atoms with E-state index in [-0.39, 0.29) is 24.4 Å². The second kappa shape index (κ2) is 11.0. The molecule has 0 aliphatic carbocycles. The van der Waals surface area contributed by atoms with E-state index in [1.54, 1.807) is 0 Å². The molecule has 0 unspecified atom stereocenters. The van der Waals surface area contributed by atoms with Crippen LogP contribution in [-0.4, -0.2) is 35.4 Å². The molecule has 0 radical (unpaired) electrons. The summed E-state index contributed by atoms with van der Waals surface area (Å²) in [6.45, 7) is 9.94. The maximum absolute atomic E-state index is 10.7. The molecule has 0 amide bonds. The Balaban J connectivity index is 0. The minimum atomic E-state index is -0.710. The van der Waals surface area contributed by atoms with E-state index in [0.717, 1.165) is 12.8 Å². The number of carbonyl (C=O) groups is 2. The van der Waals surface area contributed by atoms with E-state index in [1.165, 1.54) is 13.8 Å². The van der Waals surface area contributed by atoms with Crippen LogP contribution in [0.4, 0.5) is 0 Å². The molecule has 0 saturated carbocycles. The van der Waals surface area contributed by atoms with Gasteiger partial charge in [-0.1, -0.05) is 13.2 Å². The average molecular weight is 244 g/mol. The Hall–Kier alpha value is -1.46. The molecule has 0 heterocycles. The first-order valence-corrected chi connectivity index (χ1v) is 5.16. The highest BCUT2D eigenvalue weighted by molar-refractivity contribution is 6.00. The van der Waals surface area contributed by atoms with Crippen LogP contribution in [0, 0.1) is 0 Å². The lowest BCUT2D eigenvalue weighted by Crippen LogP contribution is -2.12. The average Bonchev–Trinajstić information content (AvgIpc) is 2.26. The van der Waals surface area contributed by atoms with Crippen LogP contribution in [0.15, 0.2) is 24.3 Å². The molecule has 0 aliphatic rings. The van der Waals surface area contributed by atoms with Crippen LogP contribution in [-0.2, 0) is 14.3 Å². The molecule has 98 valence electrons. The van der Waals surface area contributed by atoms with Crippen LogP contribution >= 0.6 is 0 Å². The molecule has 0 aromatic heterocycles. The lowest BCUT2D eigenvalue weighted by molar-refractivity contribution is -0.153. The van der Waals surface area contributed by atoms with Crippen molar-refractivity contribution in [3.05, 3.63) is 24.3 Å². The topological polar surface area (TPSA) is 83.8 Å². The SMILES string of the molecule is C=C(C)C(=O)OC(=O)C(=C)C.OCCCCO. The fourth-order valence-electron chi connectivity index (χ4n) is 0.482. The predicted octanol–water partition coefficient (Wildman–Crippen LogP) is 0.960. The first-order valence-electron chi connectivity index (χ1n) is 5.16. The Kier molecular flexibility index (Phi) is 11.6. The molecule has 0 aromatic carbocycles. The zero-order valence-electron chi connectivity index (χ0n) is 10.4. The molecule has 0 spiro atoms. The van der Waals surface area contributed by atoms with Gasteiger partial charge in [-0.3, -0.25) is 0 Å². The smallest absolute Gasteiger partial charge is 0.340 e. The minimum absolute atomic E-state index is 0.194. The zero-order valence-corrected chi connectivity index (χ0v) is 10.4. The number of esters is 2. The van der Waals surface area contributed by atoms with Crippen molar-refractivity contribution in [3.8, 4) is 0 Å². The molecule has 0 saturated heterocycles. The number of carbonyl (C=O) groups excluding carboxylic acids is 2. The Morgan fingerprint density at radius 1 is 0.941 bits per heavy atom. The number of hydrogen-bond acceptors (Lipinski definition) is 5. The quantitative estimate of drug-likeness (QED) is 0.326. The summed E-state index contributed by atoms with van der Waals surface area (Å²) in [4.78, 5) is 21.3. The standard InChI is InChI=1S/C8H10O3.C4H10O2/c1-5(2)7(9)11-8(10)6(3)4;5-3-1-2-4-6/h1,3H2,2,4H3;5-6H,1-4H2. The number of rotatable bonds is 5. The van der Waals surface area contributed by atoms with Gasteiger partial charge in [0.05, 0.1) is 0 Å². The van der Waals surface area contributed by atoms with Gasteiger partial charge in [0.15, 0.2) is 0 Å². The lowest BCUT2D eigenvalue weighted by Gasteiger charge is -1.99. The van der Waals surface area contributed by atoms with Gasteiger partial charge in [-0.2, -0.15) is 0 Å². The maximum Gasteiger partial charge on any atom is 0.340 e. The van der Waals surface area contributed by atoms with E-state index in [2.05, 4.69) is 17.9 Å². The summed E-state index contributed by atoms with van der Waals surface area (Å²) >= 11 is 0. The fraction of sp³-hybridized carbons (Fsp3) is 0.500. The van der Waals surface area contributed by atoms with Crippen LogP contribution in [0.2, 0.25) is 0 Å². The van der Waals surface area contributed by atoms with Gasteiger partial charge in [-0.15, -0.1) is 0 Å². The van der Waals surface area contributed by atoms with Gasteiger partial charge in [0.25, 0.3) is 0 Å². The van der Waals surface area contributed by atoms with Crippen LogP contribution in [0.1, 0.15) is 26.7 Å². The molecule has 0 aromatic rings. The van der Waals surface area contributed by atoms with E-state index in [4.69, 9.17) is 10.2 Å². The van der Waals surface area contributed by atoms with Gasteiger partial charge in [-0.25, -0.2) is 9.59 Å². The Morgan fingerprint density at radius 3 is 1.41 bits per heavy atom. The van der Waals surface area contributed by atoms with Crippen LogP contribution in [0.3, 0.4) is 0 Å². The Morgan fingerprint density at radius 2 is 1.24 bits per heavy atom. The molecule has 2 N–H and O–H groups in total. The molecular weight excluding hydrogens is 224 g/mol. The van der Waals surface area contributed by atoms with Crippen molar-refractivity contribution in [2.45, 2.75) is 26.7 Å². The predicted molar refractivity (Wildman–Crippen MR) is 64.1 cm³/mol. The Labute approximate surface area is 101 Å². The van der Waals surface area contributed by atoms with Gasteiger partial charge >= 0.3 is 11.9 Å². The van der Waals surface area contributed by atoms with Gasteiger partial charge in [0.1, 0.15) is 0 Å². The van der Waals surface area contributed by atoms with Crippen molar-refractivity contribution in [1.82, 2.24) is 0 Å². The summed E-state index contributed by atoms with van der Waals surface area (Å²) in [7, 11) is 0. The largest absolute Gasteiger partial charge is 0.396 e. The third kappa shape index (κ3) is 12.5. The second-order valence-corrected chi connectivity index (χ2v) is 3.39. The number of hydrogen-bond donors (Lipinski definition) is 2. The number of unbranched alkanes of at least 4 members (excludes halogenated alkanes) is 1. The van der Waals surface area contributed by atoms with Gasteiger partial charge < -0.3 is 14.9 Å². The summed E-state index contributed by atoms with van der Waals surface area (Å²) in [6.07, 6.45) is 1.44. The summed E-state index contributed by atoms with van der Waals surface area (Å²) in [5.41, 5.74) is 0.388. The summed E-state index contributed by atoms with van der Waals surface area (Å²) < 4.78 is 4.30. The van der Waals surface area contributed by atoms with Crippen LogP contribution < -0.4 is 0 Å². The molecule has 5 nitrogen and oxygen atoms in total. The summed E-state index contributed by atoms with van der Waals surface area (Å²) in [5, 5.41) is 16.2. The molecule has 0 atom stereocenters. The fourth-order valence-corrected chi connectivity index (χ4v) is 0.482. The van der Waals surface area contributed by atoms with E-state index in [1.807, 2.05) is 0 Å². The molecule has 0 aliphatic heterocycles. The third-order valence-corrected chi connectivity index (χ3v) is 1.45. The number of aliphatic hydroxyl groups is 2. The summed E-state index contributed by atoms with van der Waals surface area (Å²) in [6, 6.07) is 0. The number of aliphatic hydroxyl groups excluding tert-OH is 2. The van der Waals surface area contributed by atoms with Crippen molar-refractivity contribution in [2.24, 2.45) is 0 Å². The van der Waals surface area contributed by atoms with E-state index in [9.17, 15) is 9.59 Å². The zero-order chi connectivity index (χ0) is 13.8. The molecule has 0 fully saturated rings. The maximum atomic E-state index is 10.7. The molecule has 17 heavy (non-hydrogen) atoms. The van der Waals surface area contributed by atoms with Crippen LogP contribution in [0.5, 0.6) is 0 Å². The third-order valence-electron chi connectivity index (χ3n) is 1.45.